The molecule has 0 radical (unpaired) electrons. The van der Waals surface area contributed by atoms with Crippen LogP contribution >= 0.6 is 0 Å². The molecule has 1 amide bonds. The number of carbonyl (C=O) groups is 1. The third-order valence-electron chi connectivity index (χ3n) is 5.71. The summed E-state index contributed by atoms with van der Waals surface area (Å²) in [6.07, 6.45) is 4.48. The number of para-hydroxylation sites is 1. The van der Waals surface area contributed by atoms with Crippen LogP contribution in [-0.2, 0) is 24.9 Å². The first-order valence-electron chi connectivity index (χ1n) is 10.3. The molecule has 0 saturated carbocycles. The normalized spacial score (nSPS) is 19.0. The molecule has 1 atom stereocenters. The number of aryl methyl sites for hydroxylation is 1. The van der Waals surface area contributed by atoms with E-state index in [-0.39, 0.29) is 11.3 Å². The molecule has 2 heterocycles. The molecule has 1 fully saturated rings. The molecule has 30 heavy (non-hydrogen) atoms. The van der Waals surface area contributed by atoms with Gasteiger partial charge in [-0.15, -0.1) is 0 Å². The largest absolute Gasteiger partial charge is 0.457 e. The molecule has 156 valence electrons. The average Bonchev–Trinajstić information content (AvgIpc) is 3.33. The van der Waals surface area contributed by atoms with Gasteiger partial charge in [0.15, 0.2) is 0 Å². The maximum Gasteiger partial charge on any atom is 0.227 e. The van der Waals surface area contributed by atoms with Gasteiger partial charge in [0, 0.05) is 32.5 Å². The van der Waals surface area contributed by atoms with E-state index in [4.69, 9.17) is 4.74 Å². The van der Waals surface area contributed by atoms with E-state index in [1.807, 2.05) is 60.3 Å². The smallest absolute Gasteiger partial charge is 0.227 e. The number of likely N-dealkylation sites (tertiary alicyclic amines) is 1. The van der Waals surface area contributed by atoms with Crippen LogP contribution in [0.1, 0.15) is 24.7 Å². The minimum atomic E-state index is -0.386. The van der Waals surface area contributed by atoms with Gasteiger partial charge in [0.1, 0.15) is 17.3 Å². The van der Waals surface area contributed by atoms with E-state index < -0.39 is 0 Å². The van der Waals surface area contributed by atoms with Crippen molar-refractivity contribution in [1.29, 1.82) is 0 Å². The number of ether oxygens (including phenoxy) is 1. The van der Waals surface area contributed by atoms with Crippen LogP contribution < -0.4 is 10.1 Å². The Morgan fingerprint density at radius 1 is 1.17 bits per heavy atom. The Kier molecular flexibility index (Phi) is 5.86. The maximum atomic E-state index is 12.8. The van der Waals surface area contributed by atoms with Crippen LogP contribution in [0.25, 0.3) is 0 Å². The van der Waals surface area contributed by atoms with Gasteiger partial charge in [-0.3, -0.25) is 9.69 Å². The van der Waals surface area contributed by atoms with Crippen LogP contribution in [0.5, 0.6) is 11.5 Å². The van der Waals surface area contributed by atoms with Gasteiger partial charge in [0.25, 0.3) is 0 Å². The van der Waals surface area contributed by atoms with Crippen molar-refractivity contribution in [3.05, 3.63) is 78.4 Å². The fourth-order valence-electron chi connectivity index (χ4n) is 3.91. The molecule has 1 saturated heterocycles. The van der Waals surface area contributed by atoms with Gasteiger partial charge in [-0.1, -0.05) is 30.3 Å². The number of hydrogen-bond donors (Lipinski definition) is 1. The predicted molar refractivity (Wildman–Crippen MR) is 116 cm³/mol. The lowest BCUT2D eigenvalue weighted by atomic mass is 9.89. The quantitative estimate of drug-likeness (QED) is 0.652. The first-order chi connectivity index (χ1) is 14.5. The number of rotatable bonds is 7. The fourth-order valence-corrected chi connectivity index (χ4v) is 3.91. The minimum absolute atomic E-state index is 0.0918. The Labute approximate surface area is 177 Å². The van der Waals surface area contributed by atoms with Crippen LogP contribution in [-0.4, -0.2) is 33.4 Å². The third kappa shape index (κ3) is 4.71. The molecule has 1 aliphatic rings. The molecule has 3 aromatic rings. The molecule has 6 heteroatoms. The average molecular weight is 405 g/mol. The number of amides is 1. The second-order valence-electron chi connectivity index (χ2n) is 8.22. The van der Waals surface area contributed by atoms with E-state index in [9.17, 15) is 4.79 Å². The monoisotopic (exact) mass is 404 g/mol. The summed E-state index contributed by atoms with van der Waals surface area (Å²) >= 11 is 0. The minimum Gasteiger partial charge on any atom is -0.457 e. The van der Waals surface area contributed by atoms with Crippen molar-refractivity contribution in [3.63, 3.8) is 0 Å². The van der Waals surface area contributed by atoms with E-state index in [2.05, 4.69) is 34.3 Å². The highest BCUT2D eigenvalue weighted by atomic mass is 16.5. The summed E-state index contributed by atoms with van der Waals surface area (Å²) in [6, 6.07) is 18.0. The van der Waals surface area contributed by atoms with Crippen molar-refractivity contribution < 1.29 is 9.53 Å². The number of aromatic nitrogens is 2. The Morgan fingerprint density at radius 3 is 2.73 bits per heavy atom. The Hall–Kier alpha value is -3.12. The van der Waals surface area contributed by atoms with E-state index in [0.717, 1.165) is 43.4 Å². The van der Waals surface area contributed by atoms with Crippen molar-refractivity contribution in [2.75, 3.05) is 13.1 Å². The van der Waals surface area contributed by atoms with Gasteiger partial charge < -0.3 is 14.6 Å². The molecule has 0 spiro atoms. The first-order valence-corrected chi connectivity index (χ1v) is 10.3. The van der Waals surface area contributed by atoms with Gasteiger partial charge in [0.05, 0.1) is 12.0 Å². The van der Waals surface area contributed by atoms with E-state index in [0.29, 0.717) is 6.54 Å². The molecule has 4 rings (SSSR count). The fraction of sp³-hybridized carbons (Fsp3) is 0.333. The predicted octanol–water partition coefficient (Wildman–Crippen LogP) is 3.74. The first kappa shape index (κ1) is 20.2. The summed E-state index contributed by atoms with van der Waals surface area (Å²) in [5, 5.41) is 3.06. The lowest BCUT2D eigenvalue weighted by molar-refractivity contribution is -0.129. The molecular weight excluding hydrogens is 376 g/mol. The molecule has 1 aromatic heterocycles. The Balaban J connectivity index is 1.33. The molecule has 0 bridgehead atoms. The summed E-state index contributed by atoms with van der Waals surface area (Å²) in [4.78, 5) is 19.4. The Bertz CT molecular complexity index is 1000. The molecule has 6 nitrogen and oxygen atoms in total. The van der Waals surface area contributed by atoms with Gasteiger partial charge in [0.2, 0.25) is 5.91 Å². The Morgan fingerprint density at radius 2 is 1.97 bits per heavy atom. The van der Waals surface area contributed by atoms with Crippen LogP contribution in [0.2, 0.25) is 0 Å². The number of benzene rings is 2. The SMILES string of the molecule is Cn1ccnc1CNC(=O)C1(C)CCN(Cc2cccc(Oc3ccccc3)c2)C1. The summed E-state index contributed by atoms with van der Waals surface area (Å²) < 4.78 is 7.87. The van der Waals surface area contributed by atoms with Crippen molar-refractivity contribution in [3.8, 4) is 11.5 Å². The van der Waals surface area contributed by atoms with Crippen LogP contribution in [0.15, 0.2) is 67.0 Å². The summed E-state index contributed by atoms with van der Waals surface area (Å²) in [5.41, 5.74) is 0.796. The number of hydrogen-bond acceptors (Lipinski definition) is 4. The zero-order valence-corrected chi connectivity index (χ0v) is 17.5. The van der Waals surface area contributed by atoms with Crippen LogP contribution in [0.3, 0.4) is 0 Å². The van der Waals surface area contributed by atoms with Gasteiger partial charge in [-0.2, -0.15) is 0 Å². The maximum absolute atomic E-state index is 12.8. The third-order valence-corrected chi connectivity index (χ3v) is 5.71. The second-order valence-corrected chi connectivity index (χ2v) is 8.22. The van der Waals surface area contributed by atoms with Crippen molar-refractivity contribution >= 4 is 5.91 Å². The van der Waals surface area contributed by atoms with E-state index in [1.54, 1.807) is 6.20 Å². The molecular formula is C24H28N4O2. The zero-order valence-electron chi connectivity index (χ0n) is 17.5. The van der Waals surface area contributed by atoms with Gasteiger partial charge >= 0.3 is 0 Å². The number of nitrogens with one attached hydrogen (secondary N) is 1. The number of carbonyl (C=O) groups excluding carboxylic acids is 1. The van der Waals surface area contributed by atoms with Crippen molar-refractivity contribution in [2.45, 2.75) is 26.4 Å². The lowest BCUT2D eigenvalue weighted by Crippen LogP contribution is -2.40. The summed E-state index contributed by atoms with van der Waals surface area (Å²) in [6.45, 7) is 4.94. The highest BCUT2D eigenvalue weighted by Gasteiger charge is 2.40. The highest BCUT2D eigenvalue weighted by Crippen LogP contribution is 2.32. The molecule has 1 unspecified atom stereocenters. The molecule has 1 N–H and O–H groups in total. The second kappa shape index (κ2) is 8.71. The molecule has 1 aliphatic heterocycles. The van der Waals surface area contributed by atoms with Crippen LogP contribution in [0, 0.1) is 5.41 Å². The molecule has 2 aromatic carbocycles. The zero-order chi connectivity index (χ0) is 21.0. The number of imidazole rings is 1. The topological polar surface area (TPSA) is 59.4 Å². The summed E-state index contributed by atoms with van der Waals surface area (Å²) in [7, 11) is 1.93. The van der Waals surface area contributed by atoms with E-state index in [1.165, 1.54) is 5.56 Å². The van der Waals surface area contributed by atoms with Gasteiger partial charge in [-0.25, -0.2) is 4.98 Å². The van der Waals surface area contributed by atoms with E-state index >= 15 is 0 Å². The van der Waals surface area contributed by atoms with Gasteiger partial charge in [-0.05, 0) is 49.7 Å². The summed E-state index contributed by atoms with van der Waals surface area (Å²) in [5.74, 6) is 2.60. The van der Waals surface area contributed by atoms with Crippen LogP contribution in [0.4, 0.5) is 0 Å². The highest BCUT2D eigenvalue weighted by molar-refractivity contribution is 5.82. The van der Waals surface area contributed by atoms with Crippen molar-refractivity contribution in [2.24, 2.45) is 12.5 Å². The van der Waals surface area contributed by atoms with Crippen molar-refractivity contribution in [1.82, 2.24) is 19.8 Å². The lowest BCUT2D eigenvalue weighted by Gasteiger charge is -2.24. The molecule has 0 aliphatic carbocycles. The standard InChI is InChI=1S/C24H28N4O2/c1-24(23(29)26-16-22-25-12-14-27(22)2)11-13-28(18-24)17-19-7-6-10-21(15-19)30-20-8-4-3-5-9-20/h3-10,12,14-15H,11,13,16-18H2,1-2H3,(H,26,29). The number of nitrogens with zero attached hydrogens (tertiary/aromatic N) is 3.